The van der Waals surface area contributed by atoms with E-state index in [-0.39, 0.29) is 23.2 Å². The van der Waals surface area contributed by atoms with Crippen LogP contribution < -0.4 is 10.1 Å². The molecule has 1 heterocycles. The van der Waals surface area contributed by atoms with Gasteiger partial charge in [0.1, 0.15) is 11.5 Å². The molecular weight excluding hydrogens is 402 g/mol. The lowest BCUT2D eigenvalue weighted by Crippen LogP contribution is -2.48. The van der Waals surface area contributed by atoms with E-state index in [0.29, 0.717) is 18.7 Å². The molecule has 1 aliphatic heterocycles. The van der Waals surface area contributed by atoms with Gasteiger partial charge < -0.3 is 14.8 Å². The van der Waals surface area contributed by atoms with E-state index in [4.69, 9.17) is 9.47 Å². The van der Waals surface area contributed by atoms with Gasteiger partial charge >= 0.3 is 5.97 Å². The van der Waals surface area contributed by atoms with Gasteiger partial charge in [-0.05, 0) is 46.6 Å². The SMILES string of the molecule is CCOC(=O)/C=C1/N[C@]2(C)CCCC[C@@H]2[C@]12C=C(C)[C@@H](c1cc(C)ccc1OC)CC2=O. The summed E-state index contributed by atoms with van der Waals surface area (Å²) in [6.07, 6.45) is 8.28. The molecule has 0 aromatic heterocycles. The number of hydrogen-bond donors (Lipinski definition) is 1. The Bertz CT molecular complexity index is 993. The van der Waals surface area contributed by atoms with Gasteiger partial charge in [-0.1, -0.05) is 42.2 Å². The largest absolute Gasteiger partial charge is 0.496 e. The molecule has 5 heteroatoms. The number of ether oxygens (including phenoxy) is 2. The van der Waals surface area contributed by atoms with Gasteiger partial charge in [-0.25, -0.2) is 4.79 Å². The van der Waals surface area contributed by atoms with Crippen LogP contribution >= 0.6 is 0 Å². The Kier molecular flexibility index (Phi) is 5.95. The van der Waals surface area contributed by atoms with Gasteiger partial charge in [-0.2, -0.15) is 0 Å². The van der Waals surface area contributed by atoms with Crippen molar-refractivity contribution in [3.8, 4) is 5.75 Å². The number of carbonyl (C=O) groups is 2. The average Bonchev–Trinajstić information content (AvgIpc) is 2.99. The number of esters is 1. The second kappa shape index (κ2) is 8.42. The topological polar surface area (TPSA) is 64.6 Å². The van der Waals surface area contributed by atoms with Gasteiger partial charge in [-0.3, -0.25) is 4.79 Å². The highest BCUT2D eigenvalue weighted by Gasteiger charge is 2.62. The molecule has 5 nitrogen and oxygen atoms in total. The molecule has 0 radical (unpaired) electrons. The Balaban J connectivity index is 1.84. The lowest BCUT2D eigenvalue weighted by molar-refractivity contribution is -0.137. The fourth-order valence-corrected chi connectivity index (χ4v) is 6.33. The van der Waals surface area contributed by atoms with Crippen LogP contribution in [0.3, 0.4) is 0 Å². The quantitative estimate of drug-likeness (QED) is 0.408. The number of Topliss-reactive ketones (excluding diaryl/α,β-unsaturated/α-hetero) is 1. The van der Waals surface area contributed by atoms with Crippen LogP contribution in [0.4, 0.5) is 0 Å². The van der Waals surface area contributed by atoms with Crippen molar-refractivity contribution in [2.75, 3.05) is 13.7 Å². The molecule has 1 N–H and O–H groups in total. The fraction of sp³-hybridized carbons (Fsp3) is 0.556. The lowest BCUT2D eigenvalue weighted by Gasteiger charge is -2.43. The predicted molar refractivity (Wildman–Crippen MR) is 125 cm³/mol. The van der Waals surface area contributed by atoms with Crippen molar-refractivity contribution in [3.05, 3.63) is 52.7 Å². The van der Waals surface area contributed by atoms with Gasteiger partial charge in [0.05, 0.1) is 19.1 Å². The van der Waals surface area contributed by atoms with E-state index in [1.165, 1.54) is 6.08 Å². The zero-order valence-corrected chi connectivity index (χ0v) is 19.9. The molecule has 4 atom stereocenters. The number of rotatable bonds is 4. The number of carbonyl (C=O) groups excluding carboxylic acids is 2. The average molecular weight is 438 g/mol. The minimum absolute atomic E-state index is 0.0257. The number of nitrogens with one attached hydrogen (secondary N) is 1. The molecule has 0 bridgehead atoms. The highest BCUT2D eigenvalue weighted by molar-refractivity contribution is 5.96. The van der Waals surface area contributed by atoms with E-state index < -0.39 is 11.4 Å². The Morgan fingerprint density at radius 2 is 2.06 bits per heavy atom. The van der Waals surface area contributed by atoms with E-state index in [2.05, 4.69) is 38.2 Å². The van der Waals surface area contributed by atoms with Crippen LogP contribution in [0.15, 0.2) is 41.6 Å². The highest BCUT2D eigenvalue weighted by atomic mass is 16.5. The summed E-state index contributed by atoms with van der Waals surface area (Å²) in [6.45, 7) is 8.49. The number of hydrogen-bond acceptors (Lipinski definition) is 5. The van der Waals surface area contributed by atoms with Crippen LogP contribution in [0.25, 0.3) is 0 Å². The number of benzene rings is 1. The third-order valence-corrected chi connectivity index (χ3v) is 7.79. The Labute approximate surface area is 191 Å². The Morgan fingerprint density at radius 1 is 1.28 bits per heavy atom. The van der Waals surface area contributed by atoms with Crippen LogP contribution in [0.5, 0.6) is 5.75 Å². The van der Waals surface area contributed by atoms with Crippen LogP contribution in [0.2, 0.25) is 0 Å². The summed E-state index contributed by atoms with van der Waals surface area (Å²) in [4.78, 5) is 26.5. The maximum atomic E-state index is 14.1. The first-order valence-electron chi connectivity index (χ1n) is 11.8. The number of ketones is 1. The molecule has 1 saturated carbocycles. The lowest BCUT2D eigenvalue weighted by atomic mass is 9.57. The number of methoxy groups -OCH3 is 1. The molecule has 0 amide bonds. The molecule has 3 aliphatic rings. The standard InChI is InChI=1S/C27H35NO4/c1-6-32-25(30)15-23-27(22-9-7-8-12-26(22,4)28-23)16-18(3)19(14-24(27)29)20-13-17(2)10-11-21(20)31-5/h10-11,13,15-16,19,22,28H,6-9,12,14H2,1-5H3/b23-15+/t19-,22-,26+,27+/m0/s1. The van der Waals surface area contributed by atoms with E-state index in [1.54, 1.807) is 14.0 Å². The van der Waals surface area contributed by atoms with Crippen molar-refractivity contribution in [3.63, 3.8) is 0 Å². The molecular formula is C27H35NO4. The highest BCUT2D eigenvalue weighted by Crippen LogP contribution is 2.59. The van der Waals surface area contributed by atoms with Crippen molar-refractivity contribution < 1.29 is 19.1 Å². The maximum absolute atomic E-state index is 14.1. The van der Waals surface area contributed by atoms with Crippen molar-refractivity contribution in [2.24, 2.45) is 11.3 Å². The molecule has 32 heavy (non-hydrogen) atoms. The summed E-state index contributed by atoms with van der Waals surface area (Å²) in [5, 5.41) is 3.63. The number of aryl methyl sites for hydroxylation is 1. The molecule has 1 aromatic rings. The maximum Gasteiger partial charge on any atom is 0.332 e. The minimum Gasteiger partial charge on any atom is -0.496 e. The Hall–Kier alpha value is -2.56. The van der Waals surface area contributed by atoms with Gasteiger partial charge in [-0.15, -0.1) is 0 Å². The molecule has 1 aromatic carbocycles. The summed E-state index contributed by atoms with van der Waals surface area (Å²) in [6, 6.07) is 6.13. The van der Waals surface area contributed by atoms with Crippen LogP contribution in [0, 0.1) is 18.3 Å². The monoisotopic (exact) mass is 437 g/mol. The number of fused-ring (bicyclic) bond motifs is 2. The number of allylic oxidation sites excluding steroid dienone is 2. The van der Waals surface area contributed by atoms with Crippen molar-refractivity contribution in [2.45, 2.75) is 71.3 Å². The van der Waals surface area contributed by atoms with E-state index in [0.717, 1.165) is 48.1 Å². The molecule has 1 spiro atoms. The van der Waals surface area contributed by atoms with Crippen molar-refractivity contribution in [1.29, 1.82) is 0 Å². The van der Waals surface area contributed by atoms with Gasteiger partial charge in [0.2, 0.25) is 0 Å². The zero-order chi connectivity index (χ0) is 23.1. The van der Waals surface area contributed by atoms with E-state index in [1.807, 2.05) is 12.1 Å². The summed E-state index contributed by atoms with van der Waals surface area (Å²) < 4.78 is 10.8. The zero-order valence-electron chi connectivity index (χ0n) is 19.9. The predicted octanol–water partition coefficient (Wildman–Crippen LogP) is 4.99. The minimum atomic E-state index is -0.792. The smallest absolute Gasteiger partial charge is 0.332 e. The molecule has 1 saturated heterocycles. The van der Waals surface area contributed by atoms with Crippen LogP contribution in [-0.2, 0) is 14.3 Å². The van der Waals surface area contributed by atoms with Crippen molar-refractivity contribution >= 4 is 11.8 Å². The second-order valence-electron chi connectivity index (χ2n) is 9.83. The van der Waals surface area contributed by atoms with E-state index in [9.17, 15) is 9.59 Å². The third-order valence-electron chi connectivity index (χ3n) is 7.79. The van der Waals surface area contributed by atoms with E-state index >= 15 is 0 Å². The first-order chi connectivity index (χ1) is 15.2. The molecule has 4 rings (SSSR count). The molecule has 0 unspecified atom stereocenters. The van der Waals surface area contributed by atoms with Crippen LogP contribution in [0.1, 0.15) is 69.9 Å². The molecule has 2 fully saturated rings. The first kappa shape index (κ1) is 22.6. The normalized spacial score (nSPS) is 33.0. The summed E-state index contributed by atoms with van der Waals surface area (Å²) in [5.41, 5.74) is 3.07. The third kappa shape index (κ3) is 3.56. The van der Waals surface area contributed by atoms with Gasteiger partial charge in [0, 0.05) is 41.1 Å². The summed E-state index contributed by atoms with van der Waals surface area (Å²) in [7, 11) is 1.67. The van der Waals surface area contributed by atoms with Gasteiger partial charge in [0.25, 0.3) is 0 Å². The molecule has 172 valence electrons. The summed E-state index contributed by atoms with van der Waals surface area (Å²) in [5.74, 6) is 0.703. The first-order valence-corrected chi connectivity index (χ1v) is 11.8. The van der Waals surface area contributed by atoms with Gasteiger partial charge in [0.15, 0.2) is 0 Å². The Morgan fingerprint density at radius 3 is 2.78 bits per heavy atom. The molecule has 2 aliphatic carbocycles. The van der Waals surface area contributed by atoms with Crippen molar-refractivity contribution in [1.82, 2.24) is 5.32 Å². The second-order valence-corrected chi connectivity index (χ2v) is 9.83. The fourth-order valence-electron chi connectivity index (χ4n) is 6.33. The summed E-state index contributed by atoms with van der Waals surface area (Å²) >= 11 is 0. The van der Waals surface area contributed by atoms with Crippen LogP contribution in [-0.4, -0.2) is 31.0 Å².